The molecule has 0 saturated heterocycles. The first-order chi connectivity index (χ1) is 19.2. The standard InChI is InChI=1S/C29H36FN3O4.CH2N2/c1-17-13-20(15-19-9-10-19)14-18(2)25(17)33-29(36)31-24-16-22(30)11-12-23(24)27(34)32-26(28(35)37-3)21-7-5-4-6-8-21;1-3-2/h11-14,16,19,21,26H,4-10,15H2,1-3H3,(H,32,34)(H2,31,33,36);1H2/t26-;/m0./s1. The summed E-state index contributed by atoms with van der Waals surface area (Å²) in [5.41, 5.74) is 11.0. The number of rotatable bonds is 8. The van der Waals surface area contributed by atoms with E-state index in [0.29, 0.717) is 5.69 Å². The molecule has 2 aromatic carbocycles. The van der Waals surface area contributed by atoms with Crippen molar-refractivity contribution in [2.24, 2.45) is 11.8 Å². The number of amides is 3. The molecule has 2 aliphatic carbocycles. The van der Waals surface area contributed by atoms with Crippen molar-refractivity contribution in [3.8, 4) is 0 Å². The molecular formula is C30H38FN5O4. The van der Waals surface area contributed by atoms with Gasteiger partial charge >= 0.3 is 12.0 Å². The van der Waals surface area contributed by atoms with Crippen LogP contribution in [0.25, 0.3) is 5.53 Å². The summed E-state index contributed by atoms with van der Waals surface area (Å²) in [5, 5.41) is 8.25. The second-order valence-electron chi connectivity index (χ2n) is 10.5. The normalized spacial score (nSPS) is 15.5. The molecule has 0 aliphatic heterocycles. The first-order valence-electron chi connectivity index (χ1n) is 13.6. The van der Waals surface area contributed by atoms with Crippen LogP contribution in [0.3, 0.4) is 0 Å². The lowest BCUT2D eigenvalue weighted by molar-refractivity contribution is -0.144. The molecule has 0 spiro atoms. The zero-order valence-corrected chi connectivity index (χ0v) is 23.4. The molecule has 0 unspecified atom stereocenters. The number of anilines is 2. The van der Waals surface area contributed by atoms with Gasteiger partial charge in [-0.25, -0.2) is 14.0 Å². The van der Waals surface area contributed by atoms with Gasteiger partial charge in [0.1, 0.15) is 11.9 Å². The number of esters is 1. The van der Waals surface area contributed by atoms with Gasteiger partial charge in [0.2, 0.25) is 6.72 Å². The Morgan fingerprint density at radius 3 is 2.25 bits per heavy atom. The van der Waals surface area contributed by atoms with Crippen molar-refractivity contribution in [3.05, 3.63) is 63.9 Å². The first kappa shape index (κ1) is 30.5. The lowest BCUT2D eigenvalue weighted by Crippen LogP contribution is -2.47. The molecule has 40 heavy (non-hydrogen) atoms. The van der Waals surface area contributed by atoms with E-state index >= 15 is 0 Å². The number of carbonyl (C=O) groups is 3. The lowest BCUT2D eigenvalue weighted by atomic mass is 9.83. The van der Waals surface area contributed by atoms with E-state index in [1.54, 1.807) is 0 Å². The molecular weight excluding hydrogens is 513 g/mol. The second-order valence-corrected chi connectivity index (χ2v) is 10.5. The topological polar surface area (TPSA) is 133 Å². The molecule has 3 amide bonds. The van der Waals surface area contributed by atoms with E-state index in [-0.39, 0.29) is 17.2 Å². The van der Waals surface area contributed by atoms with Crippen LogP contribution in [0.4, 0.5) is 20.6 Å². The fourth-order valence-corrected chi connectivity index (χ4v) is 5.29. The third-order valence-corrected chi connectivity index (χ3v) is 7.39. The number of methoxy groups -OCH3 is 1. The quantitative estimate of drug-likeness (QED) is 0.165. The van der Waals surface area contributed by atoms with Gasteiger partial charge in [-0.05, 0) is 92.7 Å². The third-order valence-electron chi connectivity index (χ3n) is 7.39. The average molecular weight is 552 g/mol. The molecule has 9 nitrogen and oxygen atoms in total. The number of hydrogen-bond acceptors (Lipinski definition) is 4. The summed E-state index contributed by atoms with van der Waals surface area (Å²) in [6.07, 6.45) is 8.28. The summed E-state index contributed by atoms with van der Waals surface area (Å²) < 4.78 is 19.1. The Kier molecular flexibility index (Phi) is 11.0. The number of carbonyl (C=O) groups excluding carboxylic acids is 3. The van der Waals surface area contributed by atoms with Crippen LogP contribution in [-0.4, -0.2) is 42.6 Å². The second kappa shape index (κ2) is 14.4. The minimum atomic E-state index is -0.802. The summed E-state index contributed by atoms with van der Waals surface area (Å²) in [5.74, 6) is -0.950. The molecule has 214 valence electrons. The van der Waals surface area contributed by atoms with Gasteiger partial charge in [0.05, 0.1) is 18.4 Å². The number of nitrogens with zero attached hydrogens (tertiary/aromatic N) is 2. The van der Waals surface area contributed by atoms with Crippen LogP contribution in [0.1, 0.15) is 72.0 Å². The van der Waals surface area contributed by atoms with Crippen molar-refractivity contribution in [3.63, 3.8) is 0 Å². The maximum Gasteiger partial charge on any atom is 0.328 e. The van der Waals surface area contributed by atoms with Crippen molar-refractivity contribution in [1.29, 1.82) is 0 Å². The summed E-state index contributed by atoms with van der Waals surface area (Å²) in [6, 6.07) is 6.33. The van der Waals surface area contributed by atoms with Gasteiger partial charge in [0, 0.05) is 5.69 Å². The Balaban J connectivity index is 0.00000141. The van der Waals surface area contributed by atoms with Gasteiger partial charge in [0.25, 0.3) is 5.91 Å². The number of halogens is 1. The van der Waals surface area contributed by atoms with E-state index in [1.807, 2.05) is 13.8 Å². The fourth-order valence-electron chi connectivity index (χ4n) is 5.29. The molecule has 0 aromatic heterocycles. The minimum Gasteiger partial charge on any atom is -0.467 e. The van der Waals surface area contributed by atoms with Gasteiger partial charge in [-0.3, -0.25) is 4.79 Å². The number of nitrogens with one attached hydrogen (secondary N) is 3. The Morgan fingerprint density at radius 1 is 1.05 bits per heavy atom. The Labute approximate surface area is 234 Å². The van der Waals surface area contributed by atoms with E-state index in [9.17, 15) is 18.8 Å². The number of ether oxygens (including phenoxy) is 1. The molecule has 1 atom stereocenters. The van der Waals surface area contributed by atoms with E-state index in [0.717, 1.165) is 67.7 Å². The monoisotopic (exact) mass is 551 g/mol. The molecule has 2 saturated carbocycles. The summed E-state index contributed by atoms with van der Waals surface area (Å²) in [4.78, 5) is 40.9. The maximum absolute atomic E-state index is 14.1. The van der Waals surface area contributed by atoms with E-state index in [1.165, 1.54) is 31.6 Å². The summed E-state index contributed by atoms with van der Waals surface area (Å²) in [6.45, 7) is 6.55. The zero-order chi connectivity index (χ0) is 29.2. The van der Waals surface area contributed by atoms with Crippen molar-refractivity contribution in [1.82, 2.24) is 5.32 Å². The molecule has 0 radical (unpaired) electrons. The first-order valence-corrected chi connectivity index (χ1v) is 13.6. The van der Waals surface area contributed by atoms with Crippen LogP contribution in [0, 0.1) is 31.5 Å². The Bertz CT molecular complexity index is 1240. The molecule has 3 N–H and O–H groups in total. The van der Waals surface area contributed by atoms with Crippen molar-refractivity contribution in [2.45, 2.75) is 71.3 Å². The van der Waals surface area contributed by atoms with Crippen LogP contribution < -0.4 is 16.0 Å². The van der Waals surface area contributed by atoms with E-state index in [4.69, 9.17) is 10.3 Å². The maximum atomic E-state index is 14.1. The smallest absolute Gasteiger partial charge is 0.328 e. The Morgan fingerprint density at radius 2 is 1.68 bits per heavy atom. The molecule has 2 aliphatic rings. The van der Waals surface area contributed by atoms with Crippen LogP contribution in [0.5, 0.6) is 0 Å². The number of hydrogen-bond donors (Lipinski definition) is 3. The van der Waals surface area contributed by atoms with E-state index in [2.05, 4.69) is 39.6 Å². The molecule has 2 fully saturated rings. The largest absolute Gasteiger partial charge is 0.467 e. The SMILES string of the molecule is C=[N+]=[N-].COC(=O)[C@@H](NC(=O)c1ccc(F)cc1NC(=O)Nc1c(C)cc(CC2CC2)cc1C)C1CCCCC1. The highest BCUT2D eigenvalue weighted by Crippen LogP contribution is 2.34. The number of benzene rings is 2. The predicted octanol–water partition coefficient (Wildman–Crippen LogP) is 5.81. The van der Waals surface area contributed by atoms with Gasteiger partial charge in [-0.1, -0.05) is 31.4 Å². The van der Waals surface area contributed by atoms with Crippen molar-refractivity contribution >= 4 is 36.0 Å². The van der Waals surface area contributed by atoms with Gasteiger partial charge in [-0.15, -0.1) is 0 Å². The van der Waals surface area contributed by atoms with Gasteiger partial charge in [-0.2, -0.15) is 4.79 Å². The lowest BCUT2D eigenvalue weighted by Gasteiger charge is -2.29. The molecule has 2 aromatic rings. The highest BCUT2D eigenvalue weighted by molar-refractivity contribution is 6.07. The molecule has 4 rings (SSSR count). The fraction of sp³-hybridized carbons (Fsp3) is 0.467. The minimum absolute atomic E-state index is 0.0166. The van der Waals surface area contributed by atoms with Crippen molar-refractivity contribution < 1.29 is 28.3 Å². The van der Waals surface area contributed by atoms with Gasteiger partial charge < -0.3 is 26.2 Å². The summed E-state index contributed by atoms with van der Waals surface area (Å²) >= 11 is 0. The molecule has 0 heterocycles. The molecule has 0 bridgehead atoms. The number of aryl methyl sites for hydroxylation is 2. The third kappa shape index (κ3) is 8.48. The van der Waals surface area contributed by atoms with Crippen LogP contribution in [-0.2, 0) is 16.0 Å². The van der Waals surface area contributed by atoms with Crippen LogP contribution in [0.2, 0.25) is 0 Å². The highest BCUT2D eigenvalue weighted by Gasteiger charge is 2.32. The van der Waals surface area contributed by atoms with E-state index < -0.39 is 29.8 Å². The van der Waals surface area contributed by atoms with Crippen molar-refractivity contribution in [2.75, 3.05) is 17.7 Å². The number of urea groups is 1. The Hall–Kier alpha value is -4.04. The van der Waals surface area contributed by atoms with Gasteiger partial charge in [0.15, 0.2) is 0 Å². The average Bonchev–Trinajstić information content (AvgIpc) is 3.74. The van der Waals surface area contributed by atoms with Crippen LogP contribution >= 0.6 is 0 Å². The zero-order valence-electron chi connectivity index (χ0n) is 23.4. The predicted molar refractivity (Wildman–Crippen MR) is 152 cm³/mol. The molecule has 10 heteroatoms. The highest BCUT2D eigenvalue weighted by atomic mass is 19.1. The van der Waals surface area contributed by atoms with Crippen LogP contribution in [0.15, 0.2) is 30.3 Å². The summed E-state index contributed by atoms with van der Waals surface area (Å²) in [7, 11) is 1.29.